The Bertz CT molecular complexity index is 1150. The third kappa shape index (κ3) is 57.2. The summed E-state index contributed by atoms with van der Waals surface area (Å²) in [5.74, 6) is -0.0624. The number of nitrogens with one attached hydrogen (secondary N) is 1. The Morgan fingerprint density at radius 3 is 1.07 bits per heavy atom. The maximum absolute atomic E-state index is 12.5. The van der Waals surface area contributed by atoms with Crippen molar-refractivity contribution in [3.8, 4) is 0 Å². The predicted octanol–water partition coefficient (Wildman–Crippen LogP) is 20.0. The number of unbranched alkanes of at least 4 members (excludes halogenated alkanes) is 44. The van der Waals surface area contributed by atoms with Gasteiger partial charge in [0.1, 0.15) is 0 Å². The molecule has 0 aliphatic heterocycles. The molecular formula is C65H123NO5. The highest BCUT2D eigenvalue weighted by atomic mass is 16.5. The van der Waals surface area contributed by atoms with Crippen LogP contribution >= 0.6 is 0 Å². The highest BCUT2D eigenvalue weighted by Crippen LogP contribution is 2.17. The van der Waals surface area contributed by atoms with Crippen molar-refractivity contribution >= 4 is 11.9 Å². The number of esters is 1. The van der Waals surface area contributed by atoms with Crippen LogP contribution in [0.3, 0.4) is 0 Å². The van der Waals surface area contributed by atoms with Gasteiger partial charge in [0.05, 0.1) is 25.4 Å². The van der Waals surface area contributed by atoms with Gasteiger partial charge >= 0.3 is 5.97 Å². The summed E-state index contributed by atoms with van der Waals surface area (Å²) in [5, 5.41) is 23.1. The van der Waals surface area contributed by atoms with Crippen LogP contribution in [0.4, 0.5) is 0 Å². The van der Waals surface area contributed by atoms with Crippen molar-refractivity contribution in [2.75, 3.05) is 13.2 Å². The van der Waals surface area contributed by atoms with Crippen LogP contribution in [0.25, 0.3) is 0 Å². The average Bonchev–Trinajstić information content (AvgIpc) is 3.37. The molecule has 2 unspecified atom stereocenters. The summed E-state index contributed by atoms with van der Waals surface area (Å²) < 4.78 is 5.48. The molecule has 6 nitrogen and oxygen atoms in total. The second kappa shape index (κ2) is 60.6. The van der Waals surface area contributed by atoms with Gasteiger partial charge < -0.3 is 20.3 Å². The van der Waals surface area contributed by atoms with Crippen molar-refractivity contribution in [1.82, 2.24) is 5.32 Å². The number of aliphatic hydroxyl groups is 2. The maximum Gasteiger partial charge on any atom is 0.305 e. The Labute approximate surface area is 443 Å². The molecule has 418 valence electrons. The van der Waals surface area contributed by atoms with Crippen molar-refractivity contribution in [3.63, 3.8) is 0 Å². The minimum absolute atomic E-state index is 0.0101. The van der Waals surface area contributed by atoms with Crippen LogP contribution in [0.2, 0.25) is 0 Å². The molecule has 0 saturated heterocycles. The summed E-state index contributed by atoms with van der Waals surface area (Å²) in [6.07, 6.45) is 76.2. The molecule has 1 amide bonds. The van der Waals surface area contributed by atoms with Gasteiger partial charge in [0.2, 0.25) is 5.91 Å². The number of hydrogen-bond acceptors (Lipinski definition) is 5. The first-order valence-corrected chi connectivity index (χ1v) is 31.8. The van der Waals surface area contributed by atoms with Crippen LogP contribution in [-0.4, -0.2) is 47.4 Å². The number of ether oxygens (including phenoxy) is 1. The number of rotatable bonds is 59. The summed E-state index contributed by atoms with van der Waals surface area (Å²) in [6, 6.07) is -0.633. The molecule has 0 saturated carbocycles. The summed E-state index contributed by atoms with van der Waals surface area (Å²) in [6.45, 7) is 4.92. The molecule has 0 bridgehead atoms. The van der Waals surface area contributed by atoms with E-state index in [1.165, 1.54) is 270 Å². The molecule has 0 aliphatic carbocycles. The monoisotopic (exact) mass is 998 g/mol. The summed E-state index contributed by atoms with van der Waals surface area (Å²) in [7, 11) is 0. The zero-order valence-electron chi connectivity index (χ0n) is 47.7. The van der Waals surface area contributed by atoms with Crippen LogP contribution in [-0.2, 0) is 14.3 Å². The Balaban J connectivity index is 3.45. The number of hydrogen-bond donors (Lipinski definition) is 3. The van der Waals surface area contributed by atoms with Crippen LogP contribution < -0.4 is 5.32 Å². The van der Waals surface area contributed by atoms with Crippen molar-refractivity contribution in [2.24, 2.45) is 0 Å². The minimum atomic E-state index is -0.849. The zero-order valence-corrected chi connectivity index (χ0v) is 47.7. The number of amides is 1. The molecular weight excluding hydrogens is 875 g/mol. The second-order valence-corrected chi connectivity index (χ2v) is 21.7. The van der Waals surface area contributed by atoms with Crippen LogP contribution in [0.1, 0.15) is 341 Å². The van der Waals surface area contributed by atoms with E-state index in [0.717, 1.165) is 44.9 Å². The lowest BCUT2D eigenvalue weighted by molar-refractivity contribution is -0.143. The zero-order chi connectivity index (χ0) is 51.4. The normalized spacial score (nSPS) is 12.8. The van der Waals surface area contributed by atoms with E-state index in [-0.39, 0.29) is 18.5 Å². The Hall–Kier alpha value is -1.92. The van der Waals surface area contributed by atoms with E-state index in [4.69, 9.17) is 4.74 Å². The number of aliphatic hydroxyl groups excluding tert-OH is 2. The first kappa shape index (κ1) is 69.1. The number of allylic oxidation sites excluding steroid dienone is 5. The molecule has 0 rings (SSSR count). The quantitative estimate of drug-likeness (QED) is 0.0321. The van der Waals surface area contributed by atoms with E-state index in [9.17, 15) is 19.8 Å². The van der Waals surface area contributed by atoms with E-state index >= 15 is 0 Å². The van der Waals surface area contributed by atoms with Gasteiger partial charge in [-0.2, -0.15) is 0 Å². The second-order valence-electron chi connectivity index (χ2n) is 21.7. The largest absolute Gasteiger partial charge is 0.466 e. The molecule has 0 spiro atoms. The molecule has 0 radical (unpaired) electrons. The Morgan fingerprint density at radius 2 is 0.704 bits per heavy atom. The van der Waals surface area contributed by atoms with E-state index < -0.39 is 12.1 Å². The molecule has 0 aliphatic rings. The predicted molar refractivity (Wildman–Crippen MR) is 310 cm³/mol. The van der Waals surface area contributed by atoms with Crippen LogP contribution in [0.5, 0.6) is 0 Å². The Kier molecular flexibility index (Phi) is 59.0. The Morgan fingerprint density at radius 1 is 0.394 bits per heavy atom. The van der Waals surface area contributed by atoms with Gasteiger partial charge in [0, 0.05) is 12.8 Å². The average molecular weight is 999 g/mol. The molecule has 71 heavy (non-hydrogen) atoms. The SMILES string of the molecule is CCCCCCCCCCCCCCCC/C=C/C(O)C(CO)NC(=O)CCCCCCCCCCC/C=C\C/C=C\CCCCCCCCCCCOC(=O)CCCCCCCCCCCCCCC. The topological polar surface area (TPSA) is 95.9 Å². The lowest BCUT2D eigenvalue weighted by Gasteiger charge is -2.20. The van der Waals surface area contributed by atoms with Crippen molar-refractivity contribution in [3.05, 3.63) is 36.5 Å². The third-order valence-electron chi connectivity index (χ3n) is 14.7. The fraction of sp³-hybridized carbons (Fsp3) is 0.877. The van der Waals surface area contributed by atoms with Crippen molar-refractivity contribution in [2.45, 2.75) is 353 Å². The number of carbonyl (C=O) groups is 2. The molecule has 0 aromatic rings. The number of carbonyl (C=O) groups excluding carboxylic acids is 2. The molecule has 0 heterocycles. The molecule has 2 atom stereocenters. The van der Waals surface area contributed by atoms with Gasteiger partial charge in [0.25, 0.3) is 0 Å². The van der Waals surface area contributed by atoms with Gasteiger partial charge in [-0.3, -0.25) is 9.59 Å². The van der Waals surface area contributed by atoms with Crippen LogP contribution in [0, 0.1) is 0 Å². The van der Waals surface area contributed by atoms with Gasteiger partial charge in [-0.1, -0.05) is 301 Å². The van der Waals surface area contributed by atoms with Crippen LogP contribution in [0.15, 0.2) is 36.5 Å². The highest BCUT2D eigenvalue weighted by Gasteiger charge is 2.18. The van der Waals surface area contributed by atoms with E-state index in [2.05, 4.69) is 43.5 Å². The lowest BCUT2D eigenvalue weighted by Crippen LogP contribution is -2.45. The van der Waals surface area contributed by atoms with E-state index in [1.807, 2.05) is 6.08 Å². The van der Waals surface area contributed by atoms with E-state index in [0.29, 0.717) is 19.4 Å². The fourth-order valence-corrected chi connectivity index (χ4v) is 9.78. The summed E-state index contributed by atoms with van der Waals surface area (Å²) in [4.78, 5) is 24.5. The van der Waals surface area contributed by atoms with Crippen molar-refractivity contribution < 1.29 is 24.5 Å². The molecule has 6 heteroatoms. The summed E-state index contributed by atoms with van der Waals surface area (Å²) in [5.41, 5.74) is 0. The fourth-order valence-electron chi connectivity index (χ4n) is 9.78. The molecule has 0 aromatic carbocycles. The minimum Gasteiger partial charge on any atom is -0.466 e. The smallest absolute Gasteiger partial charge is 0.305 e. The first-order valence-electron chi connectivity index (χ1n) is 31.8. The maximum atomic E-state index is 12.5. The molecule has 0 fully saturated rings. The van der Waals surface area contributed by atoms with Gasteiger partial charge in [0.15, 0.2) is 0 Å². The lowest BCUT2D eigenvalue weighted by atomic mass is 10.0. The first-order chi connectivity index (χ1) is 35.0. The highest BCUT2D eigenvalue weighted by molar-refractivity contribution is 5.76. The summed E-state index contributed by atoms with van der Waals surface area (Å²) >= 11 is 0. The van der Waals surface area contributed by atoms with Crippen molar-refractivity contribution in [1.29, 1.82) is 0 Å². The van der Waals surface area contributed by atoms with Gasteiger partial charge in [-0.25, -0.2) is 0 Å². The van der Waals surface area contributed by atoms with Gasteiger partial charge in [-0.05, 0) is 64.2 Å². The van der Waals surface area contributed by atoms with Gasteiger partial charge in [-0.15, -0.1) is 0 Å². The van der Waals surface area contributed by atoms with E-state index in [1.54, 1.807) is 6.08 Å². The third-order valence-corrected chi connectivity index (χ3v) is 14.7. The molecule has 3 N–H and O–H groups in total. The standard InChI is InChI=1S/C65H123NO5/c1-3-5-7-9-11-13-15-17-18-30-34-37-41-45-49-53-57-63(68)62(61-67)66-64(69)58-54-50-46-42-38-35-31-28-26-24-22-20-19-21-23-25-27-29-32-36-40-44-48-52-56-60-71-65(70)59-55-51-47-43-39-33-16-14-12-10-8-6-4-2/h20-23,53,57,62-63,67-68H,3-19,24-52,54-56,58-61H2,1-2H3,(H,66,69)/b22-20-,23-21-,57-53+. The molecule has 0 aromatic heterocycles.